The maximum atomic E-state index is 11.9. The van der Waals surface area contributed by atoms with Crippen molar-refractivity contribution in [1.82, 2.24) is 5.32 Å². The molecule has 16 heavy (non-hydrogen) atoms. The Hall–Kier alpha value is -1.95. The fourth-order valence-corrected chi connectivity index (χ4v) is 1.26. The van der Waals surface area contributed by atoms with Crippen LogP contribution in [0.3, 0.4) is 0 Å². The Morgan fingerprint density at radius 2 is 2.12 bits per heavy atom. The van der Waals surface area contributed by atoms with Gasteiger partial charge in [0.25, 0.3) is 5.91 Å². The highest BCUT2D eigenvalue weighted by atomic mass is 16.3. The van der Waals surface area contributed by atoms with Gasteiger partial charge in [0.1, 0.15) is 5.75 Å². The summed E-state index contributed by atoms with van der Waals surface area (Å²) in [6.07, 6.45) is 5.29. The molecule has 84 valence electrons. The number of terminal acetylenes is 1. The van der Waals surface area contributed by atoms with E-state index in [2.05, 4.69) is 11.2 Å². The number of hydrogen-bond acceptors (Lipinski definition) is 2. The maximum Gasteiger partial charge on any atom is 0.252 e. The van der Waals surface area contributed by atoms with Gasteiger partial charge in [-0.25, -0.2) is 0 Å². The van der Waals surface area contributed by atoms with E-state index in [1.807, 2.05) is 0 Å². The van der Waals surface area contributed by atoms with Crippen LogP contribution in [0.2, 0.25) is 0 Å². The number of rotatable bonds is 2. The monoisotopic (exact) mass is 217 g/mol. The Morgan fingerprint density at radius 1 is 1.50 bits per heavy atom. The molecule has 1 aromatic carbocycles. The first kappa shape index (κ1) is 12.1. The zero-order valence-corrected chi connectivity index (χ0v) is 9.66. The first-order valence-electron chi connectivity index (χ1n) is 4.96. The molecular formula is C13H15NO2. The molecule has 3 heteroatoms. The van der Waals surface area contributed by atoms with Crippen molar-refractivity contribution in [2.45, 2.75) is 26.3 Å². The van der Waals surface area contributed by atoms with E-state index in [1.165, 1.54) is 0 Å². The lowest BCUT2D eigenvalue weighted by Crippen LogP contribution is -2.42. The minimum atomic E-state index is -0.699. The molecule has 0 radical (unpaired) electrons. The molecule has 0 spiro atoms. The van der Waals surface area contributed by atoms with Gasteiger partial charge in [0.2, 0.25) is 0 Å². The largest absolute Gasteiger partial charge is 0.508 e. The maximum absolute atomic E-state index is 11.9. The smallest absolute Gasteiger partial charge is 0.252 e. The first-order chi connectivity index (χ1) is 7.37. The van der Waals surface area contributed by atoms with Gasteiger partial charge in [0, 0.05) is 11.1 Å². The van der Waals surface area contributed by atoms with Gasteiger partial charge in [-0.3, -0.25) is 4.79 Å². The number of phenolic OH excluding ortho intramolecular Hbond substituents is 1. The zero-order valence-electron chi connectivity index (χ0n) is 9.66. The van der Waals surface area contributed by atoms with E-state index in [4.69, 9.17) is 6.42 Å². The summed E-state index contributed by atoms with van der Waals surface area (Å²) in [4.78, 5) is 11.9. The van der Waals surface area contributed by atoms with Crippen molar-refractivity contribution in [3.63, 3.8) is 0 Å². The Labute approximate surface area is 95.5 Å². The quantitative estimate of drug-likeness (QED) is 0.743. The number of carbonyl (C=O) groups excluding carboxylic acids is 1. The predicted molar refractivity (Wildman–Crippen MR) is 63.2 cm³/mol. The number of benzene rings is 1. The van der Waals surface area contributed by atoms with Crippen molar-refractivity contribution in [3.8, 4) is 18.1 Å². The second-order valence-corrected chi connectivity index (χ2v) is 4.17. The molecule has 0 fully saturated rings. The molecule has 0 bridgehead atoms. The van der Waals surface area contributed by atoms with Crippen LogP contribution in [0, 0.1) is 19.3 Å². The summed E-state index contributed by atoms with van der Waals surface area (Å²) in [6, 6.07) is 4.82. The van der Waals surface area contributed by atoms with Crippen molar-refractivity contribution in [2.24, 2.45) is 0 Å². The summed E-state index contributed by atoms with van der Waals surface area (Å²) < 4.78 is 0. The van der Waals surface area contributed by atoms with E-state index in [0.29, 0.717) is 11.1 Å². The topological polar surface area (TPSA) is 49.3 Å². The van der Waals surface area contributed by atoms with Crippen LogP contribution in [0.25, 0.3) is 0 Å². The normalized spacial score (nSPS) is 10.6. The number of hydrogen-bond donors (Lipinski definition) is 2. The van der Waals surface area contributed by atoms with Crippen molar-refractivity contribution >= 4 is 5.91 Å². The molecule has 0 aliphatic heterocycles. The minimum Gasteiger partial charge on any atom is -0.508 e. The highest BCUT2D eigenvalue weighted by Crippen LogP contribution is 2.19. The first-order valence-corrected chi connectivity index (χ1v) is 4.96. The number of aromatic hydroxyl groups is 1. The number of nitrogens with one attached hydrogen (secondary N) is 1. The molecule has 0 aliphatic rings. The summed E-state index contributed by atoms with van der Waals surface area (Å²) in [5.41, 5.74) is 0.283. The van der Waals surface area contributed by atoms with E-state index in [1.54, 1.807) is 39.0 Å². The molecule has 0 aromatic heterocycles. The molecule has 0 heterocycles. The van der Waals surface area contributed by atoms with E-state index >= 15 is 0 Å². The molecule has 0 unspecified atom stereocenters. The lowest BCUT2D eigenvalue weighted by atomic mass is 10.0. The molecule has 2 N–H and O–H groups in total. The molecule has 0 aliphatic carbocycles. The summed E-state index contributed by atoms with van der Waals surface area (Å²) in [5.74, 6) is 2.30. The molecule has 1 aromatic rings. The van der Waals surface area contributed by atoms with Crippen LogP contribution in [-0.4, -0.2) is 16.6 Å². The van der Waals surface area contributed by atoms with Gasteiger partial charge in [-0.15, -0.1) is 6.42 Å². The van der Waals surface area contributed by atoms with Crippen molar-refractivity contribution < 1.29 is 9.90 Å². The van der Waals surface area contributed by atoms with Crippen molar-refractivity contribution in [3.05, 3.63) is 29.3 Å². The predicted octanol–water partition coefficient (Wildman–Crippen LogP) is 1.84. The van der Waals surface area contributed by atoms with E-state index in [9.17, 15) is 9.90 Å². The number of phenols is 1. The van der Waals surface area contributed by atoms with Gasteiger partial charge in [-0.05, 0) is 32.9 Å². The lowest BCUT2D eigenvalue weighted by molar-refractivity contribution is 0.0929. The third-order valence-corrected chi connectivity index (χ3v) is 2.34. The lowest BCUT2D eigenvalue weighted by Gasteiger charge is -2.20. The van der Waals surface area contributed by atoms with Crippen LogP contribution >= 0.6 is 0 Å². The molecule has 0 saturated carbocycles. The Kier molecular flexibility index (Phi) is 3.24. The summed E-state index contributed by atoms with van der Waals surface area (Å²) in [6.45, 7) is 5.17. The molecule has 0 saturated heterocycles. The third-order valence-electron chi connectivity index (χ3n) is 2.34. The highest BCUT2D eigenvalue weighted by Gasteiger charge is 2.19. The highest BCUT2D eigenvalue weighted by molar-refractivity contribution is 5.96. The standard InChI is InChI=1S/C13H15NO2/c1-5-13(3,4)14-12(16)10-7-6-8-11(15)9(10)2/h1,6-8,15H,2-4H3,(H,14,16). The second-order valence-electron chi connectivity index (χ2n) is 4.17. The molecule has 1 amide bonds. The number of amides is 1. The van der Waals surface area contributed by atoms with Gasteiger partial charge in [0.15, 0.2) is 0 Å². The van der Waals surface area contributed by atoms with E-state index in [0.717, 1.165) is 0 Å². The van der Waals surface area contributed by atoms with Crippen LogP contribution in [0.5, 0.6) is 5.75 Å². The summed E-state index contributed by atoms with van der Waals surface area (Å²) in [7, 11) is 0. The average molecular weight is 217 g/mol. The fourth-order valence-electron chi connectivity index (χ4n) is 1.26. The Morgan fingerprint density at radius 3 is 2.69 bits per heavy atom. The van der Waals surface area contributed by atoms with Gasteiger partial charge in [-0.2, -0.15) is 0 Å². The molecule has 1 rings (SSSR count). The van der Waals surface area contributed by atoms with Gasteiger partial charge < -0.3 is 10.4 Å². The minimum absolute atomic E-state index is 0.103. The van der Waals surface area contributed by atoms with Gasteiger partial charge >= 0.3 is 0 Å². The van der Waals surface area contributed by atoms with E-state index < -0.39 is 5.54 Å². The molecule has 3 nitrogen and oxygen atoms in total. The van der Waals surface area contributed by atoms with Crippen LogP contribution in [0.4, 0.5) is 0 Å². The third kappa shape index (κ3) is 2.54. The van der Waals surface area contributed by atoms with E-state index in [-0.39, 0.29) is 11.7 Å². The fraction of sp³-hybridized carbons (Fsp3) is 0.308. The molecule has 0 atom stereocenters. The van der Waals surface area contributed by atoms with Crippen LogP contribution in [0.15, 0.2) is 18.2 Å². The Balaban J connectivity index is 2.99. The van der Waals surface area contributed by atoms with Crippen molar-refractivity contribution in [2.75, 3.05) is 0 Å². The zero-order chi connectivity index (χ0) is 12.3. The average Bonchev–Trinajstić information content (AvgIpc) is 2.21. The SMILES string of the molecule is C#CC(C)(C)NC(=O)c1cccc(O)c1C. The number of carbonyl (C=O) groups is 1. The summed E-state index contributed by atoms with van der Waals surface area (Å²) >= 11 is 0. The Bertz CT molecular complexity index is 455. The second kappa shape index (κ2) is 4.28. The van der Waals surface area contributed by atoms with Crippen molar-refractivity contribution in [1.29, 1.82) is 0 Å². The van der Waals surface area contributed by atoms with Crippen LogP contribution < -0.4 is 5.32 Å². The van der Waals surface area contributed by atoms with Gasteiger partial charge in [0.05, 0.1) is 5.54 Å². The summed E-state index contributed by atoms with van der Waals surface area (Å²) in [5, 5.41) is 12.2. The molecular weight excluding hydrogens is 202 g/mol. The van der Waals surface area contributed by atoms with Gasteiger partial charge in [-0.1, -0.05) is 12.0 Å². The van der Waals surface area contributed by atoms with Crippen LogP contribution in [0.1, 0.15) is 29.8 Å². The van der Waals surface area contributed by atoms with Crippen LogP contribution in [-0.2, 0) is 0 Å².